The SMILES string of the molecule is COc1c(Br)cc(C(=O)N[C@H](C)c2cccc(C(F)F)c2F)c2[nH]ncc12. The van der Waals surface area contributed by atoms with E-state index in [1.165, 1.54) is 32.4 Å². The first-order valence-electron chi connectivity index (χ1n) is 7.92. The van der Waals surface area contributed by atoms with Crippen LogP contribution in [0, 0.1) is 5.82 Å². The van der Waals surface area contributed by atoms with Crippen LogP contribution in [0.4, 0.5) is 13.2 Å². The van der Waals surface area contributed by atoms with Crippen molar-refractivity contribution in [2.45, 2.75) is 19.4 Å². The molecule has 1 amide bonds. The summed E-state index contributed by atoms with van der Waals surface area (Å²) in [5.74, 6) is -1.02. The molecule has 5 nitrogen and oxygen atoms in total. The summed E-state index contributed by atoms with van der Waals surface area (Å²) in [6.07, 6.45) is -1.42. The van der Waals surface area contributed by atoms with Crippen LogP contribution in [0.15, 0.2) is 34.9 Å². The van der Waals surface area contributed by atoms with E-state index in [4.69, 9.17) is 4.74 Å². The van der Waals surface area contributed by atoms with Crippen molar-refractivity contribution in [2.24, 2.45) is 0 Å². The predicted molar refractivity (Wildman–Crippen MR) is 97.6 cm³/mol. The second-order valence-electron chi connectivity index (χ2n) is 5.84. The average Bonchev–Trinajstić information content (AvgIpc) is 3.10. The van der Waals surface area contributed by atoms with Crippen LogP contribution < -0.4 is 10.1 Å². The summed E-state index contributed by atoms with van der Waals surface area (Å²) < 4.78 is 46.0. The molecule has 0 radical (unpaired) electrons. The van der Waals surface area contributed by atoms with E-state index in [9.17, 15) is 18.0 Å². The molecule has 3 rings (SSSR count). The lowest BCUT2D eigenvalue weighted by Crippen LogP contribution is -2.27. The van der Waals surface area contributed by atoms with Crippen LogP contribution in [0.1, 0.15) is 40.9 Å². The predicted octanol–water partition coefficient (Wildman–Crippen LogP) is 4.90. The summed E-state index contributed by atoms with van der Waals surface area (Å²) in [5, 5.41) is 9.89. The van der Waals surface area contributed by atoms with Gasteiger partial charge < -0.3 is 10.1 Å². The molecule has 1 heterocycles. The van der Waals surface area contributed by atoms with Crippen LogP contribution in [0.25, 0.3) is 10.9 Å². The van der Waals surface area contributed by atoms with Gasteiger partial charge in [0.15, 0.2) is 0 Å². The van der Waals surface area contributed by atoms with E-state index < -0.39 is 29.8 Å². The van der Waals surface area contributed by atoms with Crippen molar-refractivity contribution in [1.29, 1.82) is 0 Å². The number of fused-ring (bicyclic) bond motifs is 1. The first-order valence-corrected chi connectivity index (χ1v) is 8.71. The number of nitrogens with zero attached hydrogens (tertiary/aromatic N) is 1. The van der Waals surface area contributed by atoms with E-state index in [1.54, 1.807) is 6.07 Å². The molecule has 0 saturated heterocycles. The standard InChI is InChI=1S/C18H15BrF3N3O2/c1-8(9-4-3-5-10(14(9)20)17(21)22)24-18(26)11-6-13(19)16(27-2)12-7-23-25-15(11)12/h3-8,17H,1-2H3,(H,23,25)(H,24,26)/t8-/m1/s1. The molecule has 0 saturated carbocycles. The monoisotopic (exact) mass is 441 g/mol. The lowest BCUT2D eigenvalue weighted by atomic mass is 10.0. The number of aromatic nitrogens is 2. The average molecular weight is 442 g/mol. The normalized spacial score (nSPS) is 12.4. The number of carbonyl (C=O) groups is 1. The van der Waals surface area contributed by atoms with Crippen molar-refractivity contribution in [2.75, 3.05) is 7.11 Å². The Labute approximate surface area is 161 Å². The lowest BCUT2D eigenvalue weighted by Gasteiger charge is -2.17. The number of halogens is 4. The smallest absolute Gasteiger partial charge is 0.266 e. The Kier molecular flexibility index (Phi) is 5.41. The van der Waals surface area contributed by atoms with Crippen LogP contribution >= 0.6 is 15.9 Å². The molecule has 0 aliphatic carbocycles. The molecule has 0 unspecified atom stereocenters. The number of amides is 1. The van der Waals surface area contributed by atoms with Crippen LogP contribution in [0.2, 0.25) is 0 Å². The fourth-order valence-electron chi connectivity index (χ4n) is 2.87. The largest absolute Gasteiger partial charge is 0.495 e. The molecule has 2 N–H and O–H groups in total. The number of rotatable bonds is 5. The number of benzene rings is 2. The fourth-order valence-corrected chi connectivity index (χ4v) is 3.47. The zero-order valence-electron chi connectivity index (χ0n) is 14.3. The first kappa shape index (κ1) is 19.2. The molecule has 0 spiro atoms. The third-order valence-electron chi connectivity index (χ3n) is 4.20. The quantitative estimate of drug-likeness (QED) is 0.591. The van der Waals surface area contributed by atoms with Crippen molar-refractivity contribution >= 4 is 32.7 Å². The Morgan fingerprint density at radius 1 is 1.33 bits per heavy atom. The number of alkyl halides is 2. The molecule has 0 aliphatic heterocycles. The zero-order valence-corrected chi connectivity index (χ0v) is 15.9. The number of methoxy groups -OCH3 is 1. The molecule has 9 heteroatoms. The molecule has 142 valence electrons. The molecule has 27 heavy (non-hydrogen) atoms. The maximum atomic E-state index is 14.3. The minimum Gasteiger partial charge on any atom is -0.495 e. The van der Waals surface area contributed by atoms with Crippen LogP contribution in [0.5, 0.6) is 5.75 Å². The third kappa shape index (κ3) is 3.51. The highest BCUT2D eigenvalue weighted by Crippen LogP contribution is 2.35. The Hall–Kier alpha value is -2.55. The second-order valence-corrected chi connectivity index (χ2v) is 6.70. The van der Waals surface area contributed by atoms with Crippen molar-refractivity contribution in [3.63, 3.8) is 0 Å². The van der Waals surface area contributed by atoms with Gasteiger partial charge in [-0.15, -0.1) is 0 Å². The zero-order chi connectivity index (χ0) is 19.7. The number of hydrogen-bond acceptors (Lipinski definition) is 3. The summed E-state index contributed by atoms with van der Waals surface area (Å²) in [6.45, 7) is 1.52. The van der Waals surface area contributed by atoms with Gasteiger partial charge in [-0.2, -0.15) is 5.10 Å². The number of hydrogen-bond donors (Lipinski definition) is 2. The minimum absolute atomic E-state index is 0.0189. The Morgan fingerprint density at radius 3 is 2.70 bits per heavy atom. The van der Waals surface area contributed by atoms with Crippen LogP contribution in [-0.2, 0) is 0 Å². The van der Waals surface area contributed by atoms with Crippen molar-refractivity contribution < 1.29 is 22.7 Å². The Bertz CT molecular complexity index is 1010. The number of H-pyrrole nitrogens is 1. The third-order valence-corrected chi connectivity index (χ3v) is 4.79. The molecule has 3 aromatic rings. The summed E-state index contributed by atoms with van der Waals surface area (Å²) in [6, 6.07) is 4.44. The lowest BCUT2D eigenvalue weighted by molar-refractivity contribution is 0.0940. The molecule has 2 aromatic carbocycles. The van der Waals surface area contributed by atoms with Gasteiger partial charge in [0.25, 0.3) is 12.3 Å². The number of ether oxygens (including phenoxy) is 1. The van der Waals surface area contributed by atoms with Crippen LogP contribution in [-0.4, -0.2) is 23.2 Å². The van der Waals surface area contributed by atoms with Gasteiger partial charge in [-0.1, -0.05) is 18.2 Å². The molecular weight excluding hydrogens is 427 g/mol. The van der Waals surface area contributed by atoms with Gasteiger partial charge in [-0.3, -0.25) is 9.89 Å². The highest BCUT2D eigenvalue weighted by Gasteiger charge is 2.23. The maximum absolute atomic E-state index is 14.3. The van der Waals surface area contributed by atoms with E-state index in [0.717, 1.165) is 6.07 Å². The Balaban J connectivity index is 1.94. The van der Waals surface area contributed by atoms with Crippen molar-refractivity contribution in [3.05, 3.63) is 57.4 Å². The number of nitrogens with one attached hydrogen (secondary N) is 2. The fraction of sp³-hybridized carbons (Fsp3) is 0.222. The van der Waals surface area contributed by atoms with Crippen molar-refractivity contribution in [1.82, 2.24) is 15.5 Å². The van der Waals surface area contributed by atoms with E-state index >= 15 is 0 Å². The summed E-state index contributed by atoms with van der Waals surface area (Å²) in [4.78, 5) is 12.7. The van der Waals surface area contributed by atoms with E-state index in [-0.39, 0.29) is 11.1 Å². The van der Waals surface area contributed by atoms with Gasteiger partial charge >= 0.3 is 0 Å². The number of carbonyl (C=O) groups excluding carboxylic acids is 1. The molecule has 0 aliphatic rings. The van der Waals surface area contributed by atoms with Gasteiger partial charge in [0.2, 0.25) is 0 Å². The maximum Gasteiger partial charge on any atom is 0.266 e. The summed E-state index contributed by atoms with van der Waals surface area (Å²) in [5.41, 5.74) is -0.0136. The van der Waals surface area contributed by atoms with E-state index in [1.807, 2.05) is 0 Å². The Morgan fingerprint density at radius 2 is 2.04 bits per heavy atom. The van der Waals surface area contributed by atoms with Crippen molar-refractivity contribution in [3.8, 4) is 5.75 Å². The van der Waals surface area contributed by atoms with Gasteiger partial charge in [0, 0.05) is 5.56 Å². The van der Waals surface area contributed by atoms with Gasteiger partial charge in [0.1, 0.15) is 11.6 Å². The van der Waals surface area contributed by atoms with Gasteiger partial charge in [-0.25, -0.2) is 13.2 Å². The molecule has 1 aromatic heterocycles. The highest BCUT2D eigenvalue weighted by atomic mass is 79.9. The van der Waals surface area contributed by atoms with E-state index in [0.29, 0.717) is 21.1 Å². The van der Waals surface area contributed by atoms with E-state index in [2.05, 4.69) is 31.4 Å². The van der Waals surface area contributed by atoms with Gasteiger partial charge in [0.05, 0.1) is 45.9 Å². The molecule has 1 atom stereocenters. The number of aromatic amines is 1. The molecule has 0 bridgehead atoms. The topological polar surface area (TPSA) is 67.0 Å². The summed E-state index contributed by atoms with van der Waals surface area (Å²) in [7, 11) is 1.49. The summed E-state index contributed by atoms with van der Waals surface area (Å²) >= 11 is 3.34. The molecule has 0 fully saturated rings. The first-order chi connectivity index (χ1) is 12.8. The highest BCUT2D eigenvalue weighted by molar-refractivity contribution is 9.10. The molecular formula is C18H15BrF3N3O2. The van der Waals surface area contributed by atoms with Gasteiger partial charge in [-0.05, 0) is 28.9 Å². The van der Waals surface area contributed by atoms with Crippen LogP contribution in [0.3, 0.4) is 0 Å². The minimum atomic E-state index is -2.94. The second kappa shape index (κ2) is 7.59.